The molecule has 0 aromatic heterocycles. The minimum Gasteiger partial charge on any atom is -0.489 e. The van der Waals surface area contributed by atoms with Gasteiger partial charge >= 0.3 is 12.6 Å². The maximum atomic E-state index is 12.5. The number of alkyl halides is 2. The van der Waals surface area contributed by atoms with Crippen LogP contribution in [0.2, 0.25) is 0 Å². The molecule has 138 valence electrons. The molecule has 1 aliphatic heterocycles. The van der Waals surface area contributed by atoms with Crippen molar-refractivity contribution >= 4 is 5.97 Å². The molecule has 25 heavy (non-hydrogen) atoms. The van der Waals surface area contributed by atoms with E-state index >= 15 is 0 Å². The molecule has 2 atom stereocenters. The fraction of sp³-hybridized carbons (Fsp3) is 0.588. The first-order valence-corrected chi connectivity index (χ1v) is 8.24. The van der Waals surface area contributed by atoms with Crippen molar-refractivity contribution in [3.63, 3.8) is 0 Å². The van der Waals surface area contributed by atoms with Crippen molar-refractivity contribution in [3.8, 4) is 17.2 Å². The van der Waals surface area contributed by atoms with Crippen molar-refractivity contribution in [1.82, 2.24) is 5.32 Å². The molecule has 0 bridgehead atoms. The molecule has 1 saturated carbocycles. The normalized spacial score (nSPS) is 22.7. The minimum atomic E-state index is -2.92. The lowest BCUT2D eigenvalue weighted by Crippen LogP contribution is -2.31. The third-order valence-corrected chi connectivity index (χ3v) is 4.18. The third-order valence-electron chi connectivity index (χ3n) is 4.18. The average Bonchev–Trinajstić information content (AvgIpc) is 3.31. The molecule has 1 N–H and O–H groups in total. The van der Waals surface area contributed by atoms with Crippen LogP contribution in [-0.4, -0.2) is 45.0 Å². The van der Waals surface area contributed by atoms with Gasteiger partial charge in [-0.1, -0.05) is 0 Å². The molecule has 0 spiro atoms. The van der Waals surface area contributed by atoms with Crippen molar-refractivity contribution in [3.05, 3.63) is 18.2 Å². The van der Waals surface area contributed by atoms with Crippen LogP contribution in [-0.2, 0) is 9.53 Å². The molecule has 2 aliphatic rings. The number of halogens is 2. The number of esters is 1. The number of carbonyl (C=O) groups excluding carboxylic acids is 1. The molecule has 3 rings (SSSR count). The molecule has 0 unspecified atom stereocenters. The Labute approximate surface area is 144 Å². The third kappa shape index (κ3) is 4.94. The van der Waals surface area contributed by atoms with Crippen LogP contribution in [0.15, 0.2) is 18.2 Å². The summed E-state index contributed by atoms with van der Waals surface area (Å²) in [7, 11) is 1.34. The van der Waals surface area contributed by atoms with E-state index in [1.165, 1.54) is 13.2 Å². The first-order chi connectivity index (χ1) is 12.0. The monoisotopic (exact) mass is 357 g/mol. The van der Waals surface area contributed by atoms with Gasteiger partial charge in [-0.15, -0.1) is 0 Å². The number of carbonyl (C=O) groups is 1. The van der Waals surface area contributed by atoms with Crippen molar-refractivity contribution in [1.29, 1.82) is 0 Å². The Morgan fingerprint density at radius 1 is 1.32 bits per heavy atom. The van der Waals surface area contributed by atoms with Gasteiger partial charge in [0.25, 0.3) is 0 Å². The van der Waals surface area contributed by atoms with Gasteiger partial charge in [-0.3, -0.25) is 4.79 Å². The molecule has 0 radical (unpaired) electrons. The lowest BCUT2D eigenvalue weighted by atomic mass is 10.2. The highest BCUT2D eigenvalue weighted by Crippen LogP contribution is 2.36. The summed E-state index contributed by atoms with van der Waals surface area (Å²) >= 11 is 0. The zero-order valence-corrected chi connectivity index (χ0v) is 13.9. The van der Waals surface area contributed by atoms with Crippen LogP contribution < -0.4 is 19.5 Å². The summed E-state index contributed by atoms with van der Waals surface area (Å²) < 4.78 is 45.7. The summed E-state index contributed by atoms with van der Waals surface area (Å²) in [6, 6.07) is 4.10. The van der Waals surface area contributed by atoms with Gasteiger partial charge in [-0.05, 0) is 30.9 Å². The molecule has 8 heteroatoms. The Hall–Kier alpha value is -2.09. The van der Waals surface area contributed by atoms with Gasteiger partial charge in [-0.2, -0.15) is 8.78 Å². The van der Waals surface area contributed by atoms with E-state index in [4.69, 9.17) is 14.2 Å². The van der Waals surface area contributed by atoms with Gasteiger partial charge in [0.1, 0.15) is 17.9 Å². The molecule has 2 fully saturated rings. The highest BCUT2D eigenvalue weighted by atomic mass is 19.3. The minimum absolute atomic E-state index is 0.0139. The van der Waals surface area contributed by atoms with Gasteiger partial charge in [0.2, 0.25) is 0 Å². The van der Waals surface area contributed by atoms with E-state index in [0.717, 1.165) is 12.8 Å². The summed E-state index contributed by atoms with van der Waals surface area (Å²) in [5, 5.41) is 3.02. The second-order valence-corrected chi connectivity index (χ2v) is 6.20. The second-order valence-electron chi connectivity index (χ2n) is 6.20. The van der Waals surface area contributed by atoms with Gasteiger partial charge in [0.05, 0.1) is 13.7 Å². The fourth-order valence-electron chi connectivity index (χ4n) is 2.67. The maximum Gasteiger partial charge on any atom is 0.387 e. The first kappa shape index (κ1) is 17.7. The number of rotatable bonds is 8. The molecule has 1 heterocycles. The van der Waals surface area contributed by atoms with E-state index in [0.29, 0.717) is 31.2 Å². The second kappa shape index (κ2) is 7.86. The Morgan fingerprint density at radius 2 is 2.12 bits per heavy atom. The van der Waals surface area contributed by atoms with E-state index in [1.54, 1.807) is 12.1 Å². The van der Waals surface area contributed by atoms with Crippen LogP contribution in [0.25, 0.3) is 0 Å². The molecule has 1 saturated heterocycles. The summed E-state index contributed by atoms with van der Waals surface area (Å²) in [5.74, 6) is 0.842. The van der Waals surface area contributed by atoms with Crippen molar-refractivity contribution < 1.29 is 32.5 Å². The molecule has 1 aromatic rings. The van der Waals surface area contributed by atoms with Crippen LogP contribution >= 0.6 is 0 Å². The van der Waals surface area contributed by atoms with Gasteiger partial charge in [-0.25, -0.2) is 0 Å². The van der Waals surface area contributed by atoms with Gasteiger partial charge in [0.15, 0.2) is 11.5 Å². The Balaban J connectivity index is 1.64. The van der Waals surface area contributed by atoms with Crippen molar-refractivity contribution in [2.24, 2.45) is 5.92 Å². The Bertz CT molecular complexity index is 609. The number of methoxy groups -OCH3 is 1. The highest BCUT2D eigenvalue weighted by molar-refractivity contribution is 5.76. The number of ether oxygens (including phenoxy) is 4. The predicted molar refractivity (Wildman–Crippen MR) is 84.1 cm³/mol. The molecular formula is C17H21F2NO5. The summed E-state index contributed by atoms with van der Waals surface area (Å²) in [5.41, 5.74) is 0. The van der Waals surface area contributed by atoms with Crippen LogP contribution in [0.5, 0.6) is 17.2 Å². The summed E-state index contributed by atoms with van der Waals surface area (Å²) in [6.07, 6.45) is 2.43. The van der Waals surface area contributed by atoms with Crippen molar-refractivity contribution in [2.75, 3.05) is 20.3 Å². The zero-order chi connectivity index (χ0) is 17.8. The Kier molecular flexibility index (Phi) is 5.57. The lowest BCUT2D eigenvalue weighted by Gasteiger charge is -2.16. The molecule has 1 aliphatic carbocycles. The average molecular weight is 357 g/mol. The molecule has 0 amide bonds. The largest absolute Gasteiger partial charge is 0.489 e. The Morgan fingerprint density at radius 3 is 2.80 bits per heavy atom. The van der Waals surface area contributed by atoms with E-state index in [-0.39, 0.29) is 23.6 Å². The summed E-state index contributed by atoms with van der Waals surface area (Å²) in [4.78, 5) is 11.5. The predicted octanol–water partition coefficient (Wildman–Crippen LogP) is 2.36. The molecular weight excluding hydrogens is 336 g/mol. The SMILES string of the molecule is COC(=O)[C@H]1C[C@H](Oc2ccc(OC(F)F)c(OCC3CC3)c2)CN1. The smallest absolute Gasteiger partial charge is 0.387 e. The number of hydrogen-bond acceptors (Lipinski definition) is 6. The topological polar surface area (TPSA) is 66.0 Å². The first-order valence-electron chi connectivity index (χ1n) is 8.24. The summed E-state index contributed by atoms with van der Waals surface area (Å²) in [6.45, 7) is -1.96. The van der Waals surface area contributed by atoms with E-state index in [2.05, 4.69) is 10.1 Å². The van der Waals surface area contributed by atoms with E-state index in [9.17, 15) is 13.6 Å². The number of hydrogen-bond donors (Lipinski definition) is 1. The van der Waals surface area contributed by atoms with Crippen LogP contribution in [0.1, 0.15) is 19.3 Å². The number of nitrogens with one attached hydrogen (secondary N) is 1. The van der Waals surface area contributed by atoms with E-state index in [1.807, 2.05) is 0 Å². The molecule has 6 nitrogen and oxygen atoms in total. The standard InChI is InChI=1S/C17H21F2NO5/c1-22-16(21)13-6-12(8-20-13)24-11-4-5-14(25-17(18)19)15(7-11)23-9-10-2-3-10/h4-5,7,10,12-13,17,20H,2-3,6,8-9H2,1H3/t12-,13+/m0/s1. The van der Waals surface area contributed by atoms with Crippen molar-refractivity contribution in [2.45, 2.75) is 38.0 Å². The number of benzene rings is 1. The maximum absolute atomic E-state index is 12.5. The highest BCUT2D eigenvalue weighted by Gasteiger charge is 2.31. The zero-order valence-electron chi connectivity index (χ0n) is 13.9. The molecule has 1 aromatic carbocycles. The van der Waals surface area contributed by atoms with Crippen LogP contribution in [0.4, 0.5) is 8.78 Å². The fourth-order valence-corrected chi connectivity index (χ4v) is 2.67. The van der Waals surface area contributed by atoms with Crippen LogP contribution in [0.3, 0.4) is 0 Å². The van der Waals surface area contributed by atoms with Gasteiger partial charge in [0, 0.05) is 19.0 Å². The van der Waals surface area contributed by atoms with Gasteiger partial charge < -0.3 is 24.3 Å². The van der Waals surface area contributed by atoms with Crippen LogP contribution in [0, 0.1) is 5.92 Å². The quantitative estimate of drug-likeness (QED) is 0.721. The van der Waals surface area contributed by atoms with E-state index < -0.39 is 12.7 Å². The lowest BCUT2D eigenvalue weighted by molar-refractivity contribution is -0.142.